The van der Waals surface area contributed by atoms with E-state index in [1.165, 1.54) is 23.3 Å². The number of hydrogen-bond donors (Lipinski definition) is 2. The Labute approximate surface area is 285 Å². The molecule has 1 amide bonds. The van der Waals surface area contributed by atoms with Gasteiger partial charge < -0.3 is 29.5 Å². The molecule has 2 aromatic carbocycles. The van der Waals surface area contributed by atoms with Gasteiger partial charge in [0.15, 0.2) is 11.5 Å². The summed E-state index contributed by atoms with van der Waals surface area (Å²) >= 11 is 0. The van der Waals surface area contributed by atoms with E-state index in [0.717, 1.165) is 40.2 Å². The Morgan fingerprint density at radius 2 is 1.90 bits per heavy atom. The normalized spacial score (nSPS) is 19.5. The quantitative estimate of drug-likeness (QED) is 0.277. The molecule has 0 radical (unpaired) electrons. The molecule has 1 saturated heterocycles. The summed E-state index contributed by atoms with van der Waals surface area (Å²) < 4.78 is 38.1. The first-order valence-electron chi connectivity index (χ1n) is 16.4. The first kappa shape index (κ1) is 31.7. The average Bonchev–Trinajstić information content (AvgIpc) is 3.81. The molecule has 2 aliphatic heterocycles. The summed E-state index contributed by atoms with van der Waals surface area (Å²) in [7, 11) is 1.74. The topological polar surface area (TPSA) is 139 Å². The zero-order valence-corrected chi connectivity index (χ0v) is 27.4. The van der Waals surface area contributed by atoms with E-state index < -0.39 is 23.8 Å². The number of ether oxygens (including phenoxy) is 1. The lowest BCUT2D eigenvalue weighted by molar-refractivity contribution is -0.133. The Morgan fingerprint density at radius 1 is 1.04 bits per heavy atom. The smallest absolute Gasteiger partial charge is 0.245 e. The number of carbonyl (C=O) groups is 1. The second-order valence-corrected chi connectivity index (χ2v) is 12.6. The van der Waals surface area contributed by atoms with Crippen molar-refractivity contribution in [3.63, 3.8) is 0 Å². The SMILES string of the molecule is Cc1nc2cccc3c2n1C[C@H](OCCO)CN(C)C(=O)[C@@H]1C[C@@H](CN1c1ncnc2c1cnn2-c1ccc(F)cc1F)Nc1cccc-3n1. The fourth-order valence-corrected chi connectivity index (χ4v) is 7.14. The van der Waals surface area contributed by atoms with Gasteiger partial charge >= 0.3 is 0 Å². The van der Waals surface area contributed by atoms with Gasteiger partial charge in [0.2, 0.25) is 5.91 Å². The number of anilines is 2. The summed E-state index contributed by atoms with van der Waals surface area (Å²) in [6.07, 6.45) is 2.84. The van der Waals surface area contributed by atoms with E-state index in [1.54, 1.807) is 11.9 Å². The van der Waals surface area contributed by atoms with Gasteiger partial charge in [0, 0.05) is 37.8 Å². The first-order valence-corrected chi connectivity index (χ1v) is 16.4. The number of nitrogens with one attached hydrogen (secondary N) is 1. The number of aliphatic hydroxyl groups is 1. The molecule has 50 heavy (non-hydrogen) atoms. The summed E-state index contributed by atoms with van der Waals surface area (Å²) in [6, 6.07) is 14.2. The molecule has 2 aliphatic rings. The van der Waals surface area contributed by atoms with Crippen LogP contribution in [0.3, 0.4) is 0 Å². The molecule has 15 heteroatoms. The second-order valence-electron chi connectivity index (χ2n) is 12.6. The van der Waals surface area contributed by atoms with Crippen LogP contribution in [-0.4, -0.2) is 102 Å². The molecule has 0 unspecified atom stereocenters. The van der Waals surface area contributed by atoms with E-state index in [-0.39, 0.29) is 37.4 Å². The number of pyridine rings is 1. The number of para-hydroxylation sites is 1. The zero-order chi connectivity index (χ0) is 34.5. The Hall–Kier alpha value is -5.54. The van der Waals surface area contributed by atoms with E-state index in [2.05, 4.69) is 25.0 Å². The molecule has 256 valence electrons. The Kier molecular flexibility index (Phi) is 8.07. The molecule has 1 fully saturated rings. The monoisotopic (exact) mass is 680 g/mol. The maximum absolute atomic E-state index is 14.8. The van der Waals surface area contributed by atoms with Gasteiger partial charge in [-0.1, -0.05) is 18.2 Å². The van der Waals surface area contributed by atoms with Gasteiger partial charge in [0.1, 0.15) is 41.3 Å². The molecule has 0 aliphatic carbocycles. The summed E-state index contributed by atoms with van der Waals surface area (Å²) in [6.45, 7) is 2.90. The summed E-state index contributed by atoms with van der Waals surface area (Å²) in [5.74, 6) is 0.259. The van der Waals surface area contributed by atoms with Crippen molar-refractivity contribution in [1.82, 2.24) is 39.2 Å². The van der Waals surface area contributed by atoms with Crippen LogP contribution in [0.1, 0.15) is 12.2 Å². The summed E-state index contributed by atoms with van der Waals surface area (Å²) in [5, 5.41) is 18.1. The molecule has 0 spiro atoms. The van der Waals surface area contributed by atoms with Gasteiger partial charge in [-0.2, -0.15) is 5.10 Å². The third-order valence-electron chi connectivity index (χ3n) is 9.36. The molecular weight excluding hydrogens is 646 g/mol. The van der Waals surface area contributed by atoms with Gasteiger partial charge in [-0.05, 0) is 43.7 Å². The Morgan fingerprint density at radius 3 is 2.74 bits per heavy atom. The third-order valence-corrected chi connectivity index (χ3v) is 9.36. The molecule has 6 heterocycles. The van der Waals surface area contributed by atoms with E-state index in [0.29, 0.717) is 42.2 Å². The maximum Gasteiger partial charge on any atom is 0.245 e. The highest BCUT2D eigenvalue weighted by atomic mass is 19.1. The molecule has 4 bridgehead atoms. The average molecular weight is 681 g/mol. The van der Waals surface area contributed by atoms with Crippen LogP contribution in [0, 0.1) is 18.6 Å². The lowest BCUT2D eigenvalue weighted by Gasteiger charge is -2.31. The number of likely N-dealkylation sites (N-methyl/N-ethyl adjacent to an activating group) is 1. The molecule has 4 aromatic heterocycles. The van der Waals surface area contributed by atoms with Gasteiger partial charge in [-0.15, -0.1) is 0 Å². The van der Waals surface area contributed by atoms with E-state index >= 15 is 0 Å². The van der Waals surface area contributed by atoms with Crippen molar-refractivity contribution >= 4 is 39.6 Å². The van der Waals surface area contributed by atoms with Crippen molar-refractivity contribution in [1.29, 1.82) is 0 Å². The van der Waals surface area contributed by atoms with Crippen LogP contribution in [0.5, 0.6) is 0 Å². The zero-order valence-electron chi connectivity index (χ0n) is 27.4. The van der Waals surface area contributed by atoms with Crippen molar-refractivity contribution < 1.29 is 23.4 Å². The van der Waals surface area contributed by atoms with Crippen LogP contribution >= 0.6 is 0 Å². The van der Waals surface area contributed by atoms with E-state index in [4.69, 9.17) is 14.7 Å². The number of hydrogen-bond acceptors (Lipinski definition) is 10. The number of aryl methyl sites for hydroxylation is 1. The van der Waals surface area contributed by atoms with Crippen LogP contribution in [0.4, 0.5) is 20.4 Å². The lowest BCUT2D eigenvalue weighted by Crippen LogP contribution is -2.47. The number of fused-ring (bicyclic) bond motifs is 6. The molecular formula is C35H34F2N10O3. The van der Waals surface area contributed by atoms with Crippen LogP contribution in [0.15, 0.2) is 67.1 Å². The molecule has 0 saturated carbocycles. The number of nitrogens with zero attached hydrogens (tertiary/aromatic N) is 9. The minimum absolute atomic E-state index is 0.0349. The van der Waals surface area contributed by atoms with E-state index in [1.807, 2.05) is 48.2 Å². The molecule has 6 aromatic rings. The van der Waals surface area contributed by atoms with Crippen molar-refractivity contribution in [2.75, 3.05) is 43.6 Å². The second kappa shape index (κ2) is 12.7. The van der Waals surface area contributed by atoms with Crippen molar-refractivity contribution in [2.45, 2.75) is 38.1 Å². The number of rotatable bonds is 5. The van der Waals surface area contributed by atoms with Crippen LogP contribution in [0.2, 0.25) is 0 Å². The van der Waals surface area contributed by atoms with Crippen molar-refractivity contribution in [2.24, 2.45) is 0 Å². The number of benzene rings is 2. The van der Waals surface area contributed by atoms with Crippen LogP contribution in [-0.2, 0) is 16.1 Å². The van der Waals surface area contributed by atoms with Crippen LogP contribution in [0.25, 0.3) is 39.0 Å². The molecule has 3 atom stereocenters. The predicted molar refractivity (Wildman–Crippen MR) is 182 cm³/mol. The van der Waals surface area contributed by atoms with Crippen molar-refractivity contribution in [3.05, 3.63) is 84.6 Å². The first-order chi connectivity index (χ1) is 24.3. The predicted octanol–water partition coefficient (Wildman–Crippen LogP) is 3.72. The number of carbonyl (C=O) groups excluding carboxylic acids is 1. The number of halogens is 2. The van der Waals surface area contributed by atoms with Gasteiger partial charge in [0.25, 0.3) is 0 Å². The summed E-state index contributed by atoms with van der Waals surface area (Å²) in [4.78, 5) is 36.8. The molecule has 8 rings (SSSR count). The fraction of sp³-hybridized carbons (Fsp3) is 0.314. The number of aromatic nitrogens is 7. The van der Waals surface area contributed by atoms with Crippen LogP contribution < -0.4 is 10.2 Å². The van der Waals surface area contributed by atoms with E-state index in [9.17, 15) is 18.7 Å². The maximum atomic E-state index is 14.8. The minimum atomic E-state index is -0.787. The molecule has 2 N–H and O–H groups in total. The number of imidazole rings is 1. The Balaban J connectivity index is 1.22. The number of aliphatic hydroxyl groups excluding tert-OH is 1. The summed E-state index contributed by atoms with van der Waals surface area (Å²) in [5.41, 5.74) is 3.76. The molecule has 13 nitrogen and oxygen atoms in total. The largest absolute Gasteiger partial charge is 0.394 e. The highest BCUT2D eigenvalue weighted by molar-refractivity contribution is 5.93. The highest BCUT2D eigenvalue weighted by Crippen LogP contribution is 2.34. The van der Waals surface area contributed by atoms with Gasteiger partial charge in [0.05, 0.1) is 54.2 Å². The van der Waals surface area contributed by atoms with Gasteiger partial charge in [-0.25, -0.2) is 33.4 Å². The van der Waals surface area contributed by atoms with Gasteiger partial charge in [-0.3, -0.25) is 4.79 Å². The fourth-order valence-electron chi connectivity index (χ4n) is 7.14. The third kappa shape index (κ3) is 5.57. The Bertz CT molecular complexity index is 2240. The standard InChI is InChI=1S/C35H34F2N10O3/c1-20-41-28-7-3-5-24-27-6-4-8-31(43-27)42-22-14-30(35(49)44(2)17-23(50-12-11-48)18-45(20)32(24)28)46(16-22)33-25-15-40-47(34(25)39-19-38-33)29-10-9-21(36)13-26(29)37/h3-10,13,15,19,22-23,30,48H,11-12,14,16-18H2,1-2H3,(H,42,43)/t22-,23+,30-/m0/s1. The number of amides is 1. The van der Waals surface area contributed by atoms with Crippen molar-refractivity contribution in [3.8, 4) is 16.9 Å². The lowest BCUT2D eigenvalue weighted by atomic mass is 10.1. The highest BCUT2D eigenvalue weighted by Gasteiger charge is 2.41. The minimum Gasteiger partial charge on any atom is -0.394 e.